The van der Waals surface area contributed by atoms with E-state index in [9.17, 15) is 19.1 Å². The summed E-state index contributed by atoms with van der Waals surface area (Å²) in [6.07, 6.45) is 1.78. The molecule has 3 heterocycles. The third-order valence-corrected chi connectivity index (χ3v) is 4.66. The second-order valence-electron chi connectivity index (χ2n) is 6.48. The van der Waals surface area contributed by atoms with Crippen LogP contribution in [0.5, 0.6) is 0 Å². The van der Waals surface area contributed by atoms with Crippen LogP contribution in [0.2, 0.25) is 5.02 Å². The van der Waals surface area contributed by atoms with Gasteiger partial charge in [0.1, 0.15) is 5.82 Å². The summed E-state index contributed by atoms with van der Waals surface area (Å²) in [7, 11) is 0. The molecule has 4 rings (SSSR count). The predicted molar refractivity (Wildman–Crippen MR) is 101 cm³/mol. The van der Waals surface area contributed by atoms with Crippen molar-refractivity contribution in [3.8, 4) is 0 Å². The van der Waals surface area contributed by atoms with Crippen LogP contribution in [0, 0.1) is 5.82 Å². The van der Waals surface area contributed by atoms with Crippen molar-refractivity contribution in [3.63, 3.8) is 0 Å². The Hall–Kier alpha value is -3.24. The number of carbonyl (C=O) groups excluding carboxylic acids is 2. The molecule has 1 aromatic carbocycles. The highest BCUT2D eigenvalue weighted by atomic mass is 35.5. The van der Waals surface area contributed by atoms with Gasteiger partial charge in [-0.05, 0) is 29.8 Å². The van der Waals surface area contributed by atoms with Crippen molar-refractivity contribution in [1.29, 1.82) is 0 Å². The van der Waals surface area contributed by atoms with Crippen LogP contribution >= 0.6 is 11.6 Å². The lowest BCUT2D eigenvalue weighted by Gasteiger charge is -2.22. The number of benzene rings is 1. The molecule has 9 nitrogen and oxygen atoms in total. The van der Waals surface area contributed by atoms with Crippen LogP contribution in [-0.2, 0) is 16.1 Å². The van der Waals surface area contributed by atoms with Gasteiger partial charge in [0.25, 0.3) is 11.7 Å². The van der Waals surface area contributed by atoms with Gasteiger partial charge in [0, 0.05) is 24.5 Å². The van der Waals surface area contributed by atoms with Crippen molar-refractivity contribution in [3.05, 3.63) is 53.2 Å². The van der Waals surface area contributed by atoms with Gasteiger partial charge in [-0.2, -0.15) is 0 Å². The van der Waals surface area contributed by atoms with Crippen LogP contribution in [0.15, 0.2) is 36.8 Å². The number of aliphatic hydroxyl groups is 1. The van der Waals surface area contributed by atoms with Crippen LogP contribution in [0.3, 0.4) is 0 Å². The number of alkyl carbamates (subject to hydrolysis) is 1. The molecule has 2 aromatic heterocycles. The number of nitrogens with zero attached hydrogens (tertiary/aromatic N) is 3. The molecule has 1 atom stereocenters. The zero-order valence-electron chi connectivity index (χ0n) is 14.9. The minimum absolute atomic E-state index is 0.0925. The van der Waals surface area contributed by atoms with E-state index in [4.69, 9.17) is 16.3 Å². The van der Waals surface area contributed by atoms with Gasteiger partial charge in [0.05, 0.1) is 23.7 Å². The molecule has 0 aliphatic carbocycles. The van der Waals surface area contributed by atoms with E-state index >= 15 is 0 Å². The number of hydrogen-bond acceptors (Lipinski definition) is 6. The summed E-state index contributed by atoms with van der Waals surface area (Å²) in [6.45, 7) is 0.0359. The van der Waals surface area contributed by atoms with Crippen LogP contribution in [0.1, 0.15) is 12.0 Å². The van der Waals surface area contributed by atoms with Gasteiger partial charge >= 0.3 is 6.09 Å². The fourth-order valence-electron chi connectivity index (χ4n) is 3.07. The zero-order valence-corrected chi connectivity index (χ0v) is 15.6. The van der Waals surface area contributed by atoms with Crippen LogP contribution < -0.4 is 10.2 Å². The number of nitrogens with one attached hydrogen (secondary N) is 2. The average molecular weight is 420 g/mol. The first-order valence-electron chi connectivity index (χ1n) is 8.59. The van der Waals surface area contributed by atoms with Crippen molar-refractivity contribution >= 4 is 40.5 Å². The van der Waals surface area contributed by atoms with Crippen LogP contribution in [0.25, 0.3) is 11.2 Å². The second kappa shape index (κ2) is 7.30. The number of hydrogen-bond donors (Lipinski definition) is 3. The Morgan fingerprint density at radius 3 is 3.00 bits per heavy atom. The maximum Gasteiger partial charge on any atom is 0.410 e. The summed E-state index contributed by atoms with van der Waals surface area (Å²) in [5.74, 6) is -3.65. The molecular formula is C18H15ClFN5O4. The normalized spacial score (nSPS) is 19.0. The Labute approximate surface area is 168 Å². The molecule has 1 aliphatic rings. The number of ether oxygens (including phenoxy) is 1. The topological polar surface area (TPSA) is 120 Å². The number of fused-ring (bicyclic) bond motifs is 1. The summed E-state index contributed by atoms with van der Waals surface area (Å²) in [6, 6.07) is 5.46. The van der Waals surface area contributed by atoms with E-state index in [1.807, 2.05) is 0 Å². The third kappa shape index (κ3) is 3.84. The molecule has 1 fully saturated rings. The number of rotatable bonds is 4. The number of aromatic nitrogens is 3. The first-order chi connectivity index (χ1) is 13.8. The van der Waals surface area contributed by atoms with Gasteiger partial charge in [-0.3, -0.25) is 4.79 Å². The van der Waals surface area contributed by atoms with Crippen molar-refractivity contribution < 1.29 is 23.8 Å². The van der Waals surface area contributed by atoms with E-state index in [1.165, 1.54) is 29.6 Å². The fourth-order valence-corrected chi connectivity index (χ4v) is 3.31. The van der Waals surface area contributed by atoms with Gasteiger partial charge in [-0.25, -0.2) is 19.2 Å². The Morgan fingerprint density at radius 2 is 2.21 bits per heavy atom. The van der Waals surface area contributed by atoms with Gasteiger partial charge in [0.15, 0.2) is 5.65 Å². The molecule has 0 saturated carbocycles. The molecule has 3 aromatic rings. The van der Waals surface area contributed by atoms with Gasteiger partial charge < -0.3 is 25.0 Å². The number of aromatic amines is 1. The second-order valence-corrected chi connectivity index (χ2v) is 6.92. The van der Waals surface area contributed by atoms with Crippen LogP contribution in [-0.4, -0.2) is 44.4 Å². The minimum atomic E-state index is -2.31. The smallest absolute Gasteiger partial charge is 0.407 e. The monoisotopic (exact) mass is 419 g/mol. The van der Waals surface area contributed by atoms with E-state index in [2.05, 4.69) is 20.3 Å². The largest absolute Gasteiger partial charge is 0.410 e. The SMILES string of the molecule is O=C(NCc1cc(F)cc(Cl)c1)O[C@@]1(O)CCN(c2cnc3nc[nH]c3c2)C1=O. The molecule has 3 N–H and O–H groups in total. The number of carbonyl (C=O) groups is 2. The molecule has 0 unspecified atom stereocenters. The van der Waals surface area contributed by atoms with E-state index in [0.29, 0.717) is 22.4 Å². The van der Waals surface area contributed by atoms with Crippen molar-refractivity contribution in [1.82, 2.24) is 20.3 Å². The van der Waals surface area contributed by atoms with Crippen LogP contribution in [0.4, 0.5) is 14.9 Å². The third-order valence-electron chi connectivity index (χ3n) is 4.45. The molecule has 150 valence electrons. The summed E-state index contributed by atoms with van der Waals surface area (Å²) in [5, 5.41) is 13.1. The average Bonchev–Trinajstić information content (AvgIpc) is 3.24. The van der Waals surface area contributed by atoms with Gasteiger partial charge in [-0.1, -0.05) is 11.6 Å². The summed E-state index contributed by atoms with van der Waals surface area (Å²) < 4.78 is 18.3. The number of anilines is 1. The van der Waals surface area contributed by atoms with E-state index in [0.717, 1.165) is 6.07 Å². The molecule has 11 heteroatoms. The Bertz CT molecular complexity index is 1090. The standard InChI is InChI=1S/C18H15ClFN5O4/c19-11-3-10(4-12(20)5-11)7-22-17(27)29-18(28)1-2-25(16(18)26)13-6-14-15(21-8-13)24-9-23-14/h3-6,8-9,28H,1-2,7H2,(H,22,27)(H,21,23,24)/t18-/m0/s1. The lowest BCUT2D eigenvalue weighted by atomic mass is 10.2. The fraction of sp³-hybridized carbons (Fsp3) is 0.222. The Kier molecular flexibility index (Phi) is 4.81. The van der Waals surface area contributed by atoms with E-state index < -0.39 is 23.6 Å². The molecule has 1 aliphatic heterocycles. The lowest BCUT2D eigenvalue weighted by molar-refractivity contribution is -0.175. The summed E-state index contributed by atoms with van der Waals surface area (Å²) >= 11 is 5.76. The maximum atomic E-state index is 13.3. The highest BCUT2D eigenvalue weighted by Crippen LogP contribution is 2.30. The Balaban J connectivity index is 1.41. The van der Waals surface area contributed by atoms with Crippen molar-refractivity contribution in [2.24, 2.45) is 0 Å². The highest BCUT2D eigenvalue weighted by Gasteiger charge is 2.49. The quantitative estimate of drug-likeness (QED) is 0.557. The van der Waals surface area contributed by atoms with Gasteiger partial charge in [-0.15, -0.1) is 0 Å². The zero-order chi connectivity index (χ0) is 20.6. The number of pyridine rings is 1. The number of H-pyrrole nitrogens is 1. The molecule has 0 radical (unpaired) electrons. The first-order valence-corrected chi connectivity index (χ1v) is 8.97. The summed E-state index contributed by atoms with van der Waals surface area (Å²) in [5.41, 5.74) is 1.94. The molecule has 0 spiro atoms. The minimum Gasteiger partial charge on any atom is -0.407 e. The number of amides is 2. The molecule has 29 heavy (non-hydrogen) atoms. The highest BCUT2D eigenvalue weighted by molar-refractivity contribution is 6.30. The van der Waals surface area contributed by atoms with Crippen molar-refractivity contribution in [2.45, 2.75) is 18.8 Å². The maximum absolute atomic E-state index is 13.3. The number of imidazole rings is 1. The van der Waals surface area contributed by atoms with E-state index in [-0.39, 0.29) is 24.5 Å². The lowest BCUT2D eigenvalue weighted by Crippen LogP contribution is -2.46. The summed E-state index contributed by atoms with van der Waals surface area (Å²) in [4.78, 5) is 37.0. The molecular weight excluding hydrogens is 405 g/mol. The molecule has 0 bridgehead atoms. The molecule has 2 amide bonds. The first kappa shape index (κ1) is 19.1. The van der Waals surface area contributed by atoms with E-state index in [1.54, 1.807) is 6.07 Å². The van der Waals surface area contributed by atoms with Gasteiger partial charge in [0.2, 0.25) is 0 Å². The molecule has 1 saturated heterocycles. The predicted octanol–water partition coefficient (Wildman–Crippen LogP) is 2.10. The number of halogens is 2. The van der Waals surface area contributed by atoms with Crippen molar-refractivity contribution in [2.75, 3.05) is 11.4 Å². The Morgan fingerprint density at radius 1 is 1.38 bits per heavy atom.